The van der Waals surface area contributed by atoms with Gasteiger partial charge in [0.1, 0.15) is 5.52 Å². The molecule has 3 aromatic carbocycles. The molecule has 0 saturated heterocycles. The molecule has 0 bridgehead atoms. The highest BCUT2D eigenvalue weighted by molar-refractivity contribution is 6.31. The van der Waals surface area contributed by atoms with Crippen molar-refractivity contribution >= 4 is 34.6 Å². The second-order valence-corrected chi connectivity index (χ2v) is 10.3. The monoisotopic (exact) mass is 555 g/mol. The fourth-order valence-electron chi connectivity index (χ4n) is 5.21. The number of para-hydroxylation sites is 2. The van der Waals surface area contributed by atoms with Gasteiger partial charge in [0.15, 0.2) is 11.3 Å². The summed E-state index contributed by atoms with van der Waals surface area (Å²) in [6, 6.07) is 19.9. The number of oxazole rings is 1. The molecular formula is C30H26ClN5O4. The maximum absolute atomic E-state index is 13.3. The van der Waals surface area contributed by atoms with Crippen molar-refractivity contribution in [1.82, 2.24) is 19.4 Å². The van der Waals surface area contributed by atoms with Crippen LogP contribution in [0, 0.1) is 0 Å². The van der Waals surface area contributed by atoms with Gasteiger partial charge in [-0.15, -0.1) is 0 Å². The average Bonchev–Trinajstić information content (AvgIpc) is 3.39. The van der Waals surface area contributed by atoms with E-state index >= 15 is 0 Å². The third-order valence-electron chi connectivity index (χ3n) is 7.22. The van der Waals surface area contributed by atoms with E-state index < -0.39 is 17.4 Å². The average molecular weight is 556 g/mol. The highest BCUT2D eigenvalue weighted by Gasteiger charge is 2.34. The van der Waals surface area contributed by atoms with Crippen LogP contribution in [0.4, 0.5) is 5.95 Å². The normalized spacial score (nSPS) is 14.8. The van der Waals surface area contributed by atoms with Crippen LogP contribution in [0.15, 0.2) is 75.9 Å². The van der Waals surface area contributed by atoms with Crippen molar-refractivity contribution in [2.45, 2.75) is 12.5 Å². The van der Waals surface area contributed by atoms with Crippen LogP contribution in [0.2, 0.25) is 5.02 Å². The predicted octanol–water partition coefficient (Wildman–Crippen LogP) is 4.80. The molecule has 9 nitrogen and oxygen atoms in total. The fraction of sp³-hybridized carbons (Fsp3) is 0.200. The molecule has 0 radical (unpaired) electrons. The minimum absolute atomic E-state index is 0.0446. The van der Waals surface area contributed by atoms with E-state index in [9.17, 15) is 14.7 Å². The van der Waals surface area contributed by atoms with Crippen molar-refractivity contribution in [3.05, 3.63) is 104 Å². The lowest BCUT2D eigenvalue weighted by Gasteiger charge is -2.39. The van der Waals surface area contributed by atoms with Crippen LogP contribution >= 0.6 is 11.6 Å². The Morgan fingerprint density at radius 2 is 1.80 bits per heavy atom. The molecule has 2 aromatic heterocycles. The van der Waals surface area contributed by atoms with E-state index in [1.54, 1.807) is 33.3 Å². The third kappa shape index (κ3) is 4.19. The maximum atomic E-state index is 13.3. The van der Waals surface area contributed by atoms with Crippen LogP contribution in [-0.4, -0.2) is 51.1 Å². The van der Waals surface area contributed by atoms with E-state index in [4.69, 9.17) is 21.0 Å². The first-order valence-corrected chi connectivity index (χ1v) is 13.1. The molecule has 6 rings (SSSR count). The first-order valence-electron chi connectivity index (χ1n) is 12.8. The molecule has 1 aliphatic heterocycles. The van der Waals surface area contributed by atoms with Gasteiger partial charge in [-0.25, -0.2) is 9.97 Å². The summed E-state index contributed by atoms with van der Waals surface area (Å²) in [7, 11) is 4.98. The number of aromatic nitrogens is 3. The van der Waals surface area contributed by atoms with Crippen molar-refractivity contribution in [3.63, 3.8) is 0 Å². The van der Waals surface area contributed by atoms with E-state index in [0.29, 0.717) is 40.6 Å². The summed E-state index contributed by atoms with van der Waals surface area (Å²) in [6.07, 6.45) is 0.641. The molecule has 0 saturated carbocycles. The highest BCUT2D eigenvalue weighted by atomic mass is 35.5. The van der Waals surface area contributed by atoms with Gasteiger partial charge in [-0.05, 0) is 53.4 Å². The Kier molecular flexibility index (Phi) is 6.31. The summed E-state index contributed by atoms with van der Waals surface area (Å²) in [5.74, 6) is -0.321. The number of amides is 1. The standard InChI is InChI=1S/C30H26ClN5O4/c1-34(2)28(38)18-13-12-17-14-15-36(25(20(17)16-18)19-8-4-5-9-21(19)31)30-33-24(26(37)29(39)35(30)3)27-32-22-10-6-7-11-23(22)40-27/h4-13,16,25,37H,14-15H2,1-3H3. The summed E-state index contributed by atoms with van der Waals surface area (Å²) >= 11 is 6.74. The fourth-order valence-corrected chi connectivity index (χ4v) is 5.45. The third-order valence-corrected chi connectivity index (χ3v) is 7.57. The van der Waals surface area contributed by atoms with Gasteiger partial charge in [-0.2, -0.15) is 0 Å². The Bertz CT molecular complexity index is 1810. The Hall–Kier alpha value is -4.63. The molecule has 5 aromatic rings. The van der Waals surface area contributed by atoms with Crippen LogP contribution < -0.4 is 10.5 Å². The van der Waals surface area contributed by atoms with E-state index in [1.165, 1.54) is 9.47 Å². The zero-order valence-corrected chi connectivity index (χ0v) is 22.9. The van der Waals surface area contributed by atoms with Gasteiger partial charge in [0.25, 0.3) is 17.4 Å². The van der Waals surface area contributed by atoms with E-state index in [2.05, 4.69) is 4.98 Å². The number of rotatable bonds is 4. The van der Waals surface area contributed by atoms with Crippen molar-refractivity contribution in [3.8, 4) is 17.3 Å². The molecule has 202 valence electrons. The summed E-state index contributed by atoms with van der Waals surface area (Å²) in [5.41, 5.74) is 3.71. The molecular weight excluding hydrogens is 530 g/mol. The number of nitrogens with zero attached hydrogens (tertiary/aromatic N) is 5. The van der Waals surface area contributed by atoms with Gasteiger partial charge < -0.3 is 19.3 Å². The van der Waals surface area contributed by atoms with E-state index in [1.807, 2.05) is 59.5 Å². The zero-order valence-electron chi connectivity index (χ0n) is 22.1. The van der Waals surface area contributed by atoms with E-state index in [-0.39, 0.29) is 17.5 Å². The number of carbonyl (C=O) groups is 1. The largest absolute Gasteiger partial charge is 0.501 e. The molecule has 3 heterocycles. The van der Waals surface area contributed by atoms with Crippen LogP contribution in [0.25, 0.3) is 22.7 Å². The smallest absolute Gasteiger partial charge is 0.297 e. The van der Waals surface area contributed by atoms with Gasteiger partial charge in [-0.1, -0.05) is 48.0 Å². The van der Waals surface area contributed by atoms with Crippen molar-refractivity contribution < 1.29 is 14.3 Å². The van der Waals surface area contributed by atoms with Gasteiger partial charge in [0.05, 0.1) is 6.04 Å². The molecule has 0 aliphatic carbocycles. The summed E-state index contributed by atoms with van der Waals surface area (Å²) in [5, 5.41) is 11.4. The maximum Gasteiger partial charge on any atom is 0.297 e. The summed E-state index contributed by atoms with van der Waals surface area (Å²) in [6.45, 7) is 0.502. The minimum atomic E-state index is -0.637. The van der Waals surface area contributed by atoms with Gasteiger partial charge in [0.2, 0.25) is 11.7 Å². The van der Waals surface area contributed by atoms with Gasteiger partial charge in [-0.3, -0.25) is 14.2 Å². The minimum Gasteiger partial charge on any atom is -0.501 e. The van der Waals surface area contributed by atoms with Crippen molar-refractivity contribution in [1.29, 1.82) is 0 Å². The number of hydrogen-bond acceptors (Lipinski definition) is 7. The second-order valence-electron chi connectivity index (χ2n) is 9.94. The molecule has 10 heteroatoms. The zero-order chi connectivity index (χ0) is 28.1. The lowest BCUT2D eigenvalue weighted by molar-refractivity contribution is 0.0827. The molecule has 1 N–H and O–H groups in total. The molecule has 1 unspecified atom stereocenters. The molecule has 1 aliphatic rings. The number of carbonyl (C=O) groups excluding carboxylic acids is 1. The molecule has 1 atom stereocenters. The summed E-state index contributed by atoms with van der Waals surface area (Å²) in [4.78, 5) is 38.9. The SMILES string of the molecule is CN(C)C(=O)c1ccc2c(c1)C(c1ccccc1Cl)N(c1nc(-c3nc4ccccc4o3)c(O)c(=O)n1C)CC2. The molecule has 1 amide bonds. The quantitative estimate of drug-likeness (QED) is 0.339. The van der Waals surface area contributed by atoms with Crippen LogP contribution in [0.3, 0.4) is 0 Å². The molecule has 0 spiro atoms. The lowest BCUT2D eigenvalue weighted by Crippen LogP contribution is -2.40. The highest BCUT2D eigenvalue weighted by Crippen LogP contribution is 2.41. The number of benzene rings is 3. The molecule has 0 fully saturated rings. The number of anilines is 1. The summed E-state index contributed by atoms with van der Waals surface area (Å²) < 4.78 is 7.17. The van der Waals surface area contributed by atoms with Crippen LogP contribution in [0.1, 0.15) is 33.1 Å². The Morgan fingerprint density at radius 3 is 2.55 bits per heavy atom. The van der Waals surface area contributed by atoms with Crippen LogP contribution in [0.5, 0.6) is 5.75 Å². The second kappa shape index (κ2) is 9.84. The number of fused-ring (bicyclic) bond motifs is 2. The number of hydrogen-bond donors (Lipinski definition) is 1. The van der Waals surface area contributed by atoms with Gasteiger partial charge >= 0.3 is 0 Å². The van der Waals surface area contributed by atoms with Crippen molar-refractivity contribution in [2.24, 2.45) is 7.05 Å². The number of halogens is 1. The Balaban J connectivity index is 1.57. The first-order chi connectivity index (χ1) is 19.2. The van der Waals surface area contributed by atoms with E-state index in [0.717, 1.165) is 16.7 Å². The van der Waals surface area contributed by atoms with Crippen LogP contribution in [-0.2, 0) is 13.5 Å². The predicted molar refractivity (Wildman–Crippen MR) is 153 cm³/mol. The Labute approximate surface area is 234 Å². The molecule has 40 heavy (non-hydrogen) atoms. The topological polar surface area (TPSA) is 105 Å². The number of aromatic hydroxyl groups is 1. The first kappa shape index (κ1) is 25.6. The Morgan fingerprint density at radius 1 is 1.05 bits per heavy atom. The van der Waals surface area contributed by atoms with Crippen molar-refractivity contribution in [2.75, 3.05) is 25.5 Å². The lowest BCUT2D eigenvalue weighted by atomic mass is 9.87. The van der Waals surface area contributed by atoms with Gasteiger partial charge in [0, 0.05) is 38.3 Å².